The van der Waals surface area contributed by atoms with Gasteiger partial charge in [0.25, 0.3) is 0 Å². The van der Waals surface area contributed by atoms with Crippen LogP contribution in [-0.4, -0.2) is 54.7 Å². The fraction of sp³-hybridized carbons (Fsp3) is 0.571. The van der Waals surface area contributed by atoms with Crippen LogP contribution in [0.4, 0.5) is 0 Å². The third kappa shape index (κ3) is 4.39. The van der Waals surface area contributed by atoms with Gasteiger partial charge in [-0.2, -0.15) is 0 Å². The van der Waals surface area contributed by atoms with Crippen molar-refractivity contribution in [2.75, 3.05) is 32.8 Å². The lowest BCUT2D eigenvalue weighted by atomic mass is 10.1. The number of nitrogens with one attached hydrogen (secondary N) is 2. The lowest BCUT2D eigenvalue weighted by Crippen LogP contribution is -2.47. The van der Waals surface area contributed by atoms with Crippen LogP contribution in [0.1, 0.15) is 37.8 Å². The molecule has 142 valence electrons. The molecule has 1 aliphatic heterocycles. The molecule has 1 fully saturated rings. The predicted molar refractivity (Wildman–Crippen MR) is 109 cm³/mol. The number of ether oxygens (including phenoxy) is 1. The maximum atomic E-state index is 5.76. The van der Waals surface area contributed by atoms with Crippen molar-refractivity contribution in [3.8, 4) is 0 Å². The molecule has 3 rings (SSSR count). The Kier molecular flexibility index (Phi) is 6.56. The number of aromatic amines is 1. The minimum absolute atomic E-state index is 0.410. The summed E-state index contributed by atoms with van der Waals surface area (Å²) in [7, 11) is 0. The number of fused-ring (bicyclic) bond motifs is 1. The van der Waals surface area contributed by atoms with Crippen molar-refractivity contribution >= 4 is 16.9 Å². The molecule has 2 N–H and O–H groups in total. The standard InChI is InChI=1S/C21H32N4O/c1-4-22-21(25-13-10-18(11-14-25)26-5-2)23-12-9-17-15-24-19-8-6-7-16(3)20(17)19/h6-8,15,18,24H,4-5,9-14H2,1-3H3,(H,22,23). The highest BCUT2D eigenvalue weighted by Crippen LogP contribution is 2.22. The van der Waals surface area contributed by atoms with Crippen LogP contribution in [0, 0.1) is 6.92 Å². The summed E-state index contributed by atoms with van der Waals surface area (Å²) in [6.45, 7) is 10.9. The van der Waals surface area contributed by atoms with Crippen LogP contribution >= 0.6 is 0 Å². The van der Waals surface area contributed by atoms with Crippen LogP contribution in [0.25, 0.3) is 10.9 Å². The van der Waals surface area contributed by atoms with Gasteiger partial charge < -0.3 is 19.9 Å². The quantitative estimate of drug-likeness (QED) is 0.615. The lowest BCUT2D eigenvalue weighted by Gasteiger charge is -2.34. The van der Waals surface area contributed by atoms with E-state index in [1.807, 2.05) is 0 Å². The van der Waals surface area contributed by atoms with Gasteiger partial charge in [0.1, 0.15) is 0 Å². The van der Waals surface area contributed by atoms with E-state index in [0.717, 1.165) is 58.0 Å². The van der Waals surface area contributed by atoms with E-state index in [9.17, 15) is 0 Å². The van der Waals surface area contributed by atoms with E-state index in [0.29, 0.717) is 6.10 Å². The van der Waals surface area contributed by atoms with Crippen LogP contribution in [0.15, 0.2) is 29.4 Å². The largest absolute Gasteiger partial charge is 0.378 e. The summed E-state index contributed by atoms with van der Waals surface area (Å²) in [5.74, 6) is 1.04. The number of rotatable bonds is 6. The van der Waals surface area contributed by atoms with Crippen LogP contribution in [-0.2, 0) is 11.2 Å². The first kappa shape index (κ1) is 18.8. The number of aryl methyl sites for hydroxylation is 1. The Bertz CT molecular complexity index is 729. The van der Waals surface area contributed by atoms with Crippen molar-refractivity contribution in [1.82, 2.24) is 15.2 Å². The summed E-state index contributed by atoms with van der Waals surface area (Å²) in [6, 6.07) is 6.42. The molecule has 1 saturated heterocycles. The van der Waals surface area contributed by atoms with Gasteiger partial charge in [-0.15, -0.1) is 0 Å². The predicted octanol–water partition coefficient (Wildman–Crippen LogP) is 3.49. The Morgan fingerprint density at radius 2 is 2.12 bits per heavy atom. The van der Waals surface area contributed by atoms with Gasteiger partial charge in [-0.05, 0) is 57.2 Å². The van der Waals surface area contributed by atoms with Gasteiger partial charge in [-0.25, -0.2) is 0 Å². The van der Waals surface area contributed by atoms with Crippen molar-refractivity contribution in [3.05, 3.63) is 35.5 Å². The summed E-state index contributed by atoms with van der Waals surface area (Å²) in [4.78, 5) is 10.7. The summed E-state index contributed by atoms with van der Waals surface area (Å²) in [5.41, 5.74) is 3.90. The molecule has 1 aliphatic rings. The summed E-state index contributed by atoms with van der Waals surface area (Å²) < 4.78 is 5.76. The maximum absolute atomic E-state index is 5.76. The fourth-order valence-electron chi connectivity index (χ4n) is 3.83. The van der Waals surface area contributed by atoms with E-state index in [1.165, 1.54) is 22.0 Å². The highest BCUT2D eigenvalue weighted by molar-refractivity contribution is 5.86. The molecule has 1 aromatic carbocycles. The van der Waals surface area contributed by atoms with E-state index in [-0.39, 0.29) is 0 Å². The number of aromatic nitrogens is 1. The summed E-state index contributed by atoms with van der Waals surface area (Å²) >= 11 is 0. The Hall–Kier alpha value is -2.01. The van der Waals surface area contributed by atoms with Gasteiger partial charge in [-0.1, -0.05) is 12.1 Å². The van der Waals surface area contributed by atoms with Gasteiger partial charge in [0, 0.05) is 49.9 Å². The van der Waals surface area contributed by atoms with Crippen molar-refractivity contribution in [2.24, 2.45) is 4.99 Å². The number of likely N-dealkylation sites (tertiary alicyclic amines) is 1. The van der Waals surface area contributed by atoms with E-state index in [2.05, 4.69) is 60.4 Å². The number of piperidine rings is 1. The van der Waals surface area contributed by atoms with Crippen molar-refractivity contribution in [2.45, 2.75) is 46.1 Å². The third-order valence-electron chi connectivity index (χ3n) is 5.12. The fourth-order valence-corrected chi connectivity index (χ4v) is 3.83. The molecule has 1 aromatic heterocycles. The Labute approximate surface area is 156 Å². The molecule has 5 nitrogen and oxygen atoms in total. The molecular weight excluding hydrogens is 324 g/mol. The molecule has 0 unspecified atom stereocenters. The van der Waals surface area contributed by atoms with Crippen LogP contribution in [0.5, 0.6) is 0 Å². The molecular formula is C21H32N4O. The average Bonchev–Trinajstić information content (AvgIpc) is 3.07. The zero-order chi connectivity index (χ0) is 18.4. The number of nitrogens with zero attached hydrogens (tertiary/aromatic N) is 2. The van der Waals surface area contributed by atoms with Crippen molar-refractivity contribution in [1.29, 1.82) is 0 Å². The van der Waals surface area contributed by atoms with Gasteiger partial charge >= 0.3 is 0 Å². The number of aliphatic imine (C=N–C) groups is 1. The minimum atomic E-state index is 0.410. The second kappa shape index (κ2) is 9.08. The van der Waals surface area contributed by atoms with Gasteiger partial charge in [0.15, 0.2) is 5.96 Å². The normalized spacial score (nSPS) is 16.4. The number of guanidine groups is 1. The molecule has 2 aromatic rings. The molecule has 0 amide bonds. The smallest absolute Gasteiger partial charge is 0.193 e. The Morgan fingerprint density at radius 3 is 2.85 bits per heavy atom. The highest BCUT2D eigenvalue weighted by Gasteiger charge is 2.21. The van der Waals surface area contributed by atoms with Crippen molar-refractivity contribution < 1.29 is 4.74 Å². The summed E-state index contributed by atoms with van der Waals surface area (Å²) in [6.07, 6.45) is 5.66. The molecule has 2 heterocycles. The van der Waals surface area contributed by atoms with Gasteiger partial charge in [0.05, 0.1) is 6.10 Å². The Morgan fingerprint density at radius 1 is 1.31 bits per heavy atom. The van der Waals surface area contributed by atoms with E-state index in [4.69, 9.17) is 9.73 Å². The van der Waals surface area contributed by atoms with E-state index >= 15 is 0 Å². The molecule has 0 radical (unpaired) electrons. The topological polar surface area (TPSA) is 52.7 Å². The van der Waals surface area contributed by atoms with E-state index in [1.54, 1.807) is 0 Å². The minimum Gasteiger partial charge on any atom is -0.378 e. The molecule has 5 heteroatoms. The number of H-pyrrole nitrogens is 1. The lowest BCUT2D eigenvalue weighted by molar-refractivity contribution is 0.0264. The van der Waals surface area contributed by atoms with E-state index < -0.39 is 0 Å². The van der Waals surface area contributed by atoms with Crippen LogP contribution in [0.2, 0.25) is 0 Å². The first-order chi connectivity index (χ1) is 12.7. The maximum Gasteiger partial charge on any atom is 0.193 e. The number of hydrogen-bond donors (Lipinski definition) is 2. The molecule has 26 heavy (non-hydrogen) atoms. The summed E-state index contributed by atoms with van der Waals surface area (Å²) in [5, 5.41) is 4.81. The third-order valence-corrected chi connectivity index (χ3v) is 5.12. The average molecular weight is 357 g/mol. The number of benzene rings is 1. The van der Waals surface area contributed by atoms with Crippen LogP contribution < -0.4 is 5.32 Å². The Balaban J connectivity index is 1.62. The zero-order valence-corrected chi connectivity index (χ0v) is 16.3. The van der Waals surface area contributed by atoms with Gasteiger partial charge in [0.2, 0.25) is 0 Å². The van der Waals surface area contributed by atoms with Crippen LogP contribution in [0.3, 0.4) is 0 Å². The first-order valence-electron chi connectivity index (χ1n) is 9.93. The first-order valence-corrected chi connectivity index (χ1v) is 9.93. The second-order valence-corrected chi connectivity index (χ2v) is 6.94. The second-order valence-electron chi connectivity index (χ2n) is 6.94. The highest BCUT2D eigenvalue weighted by atomic mass is 16.5. The van der Waals surface area contributed by atoms with Gasteiger partial charge in [-0.3, -0.25) is 4.99 Å². The van der Waals surface area contributed by atoms with Crippen molar-refractivity contribution in [3.63, 3.8) is 0 Å². The zero-order valence-electron chi connectivity index (χ0n) is 16.3. The molecule has 0 aliphatic carbocycles. The molecule has 0 saturated carbocycles. The molecule has 0 atom stereocenters. The SMILES string of the molecule is CCNC(=NCCc1c[nH]c2cccc(C)c12)N1CCC(OCC)CC1. The monoisotopic (exact) mass is 356 g/mol. The number of hydrogen-bond acceptors (Lipinski definition) is 2. The molecule has 0 spiro atoms. The molecule has 0 bridgehead atoms.